The third-order valence-electron chi connectivity index (χ3n) is 5.21. The molecule has 168 valence electrons. The molecule has 2 aromatic carbocycles. The van der Waals surface area contributed by atoms with Crippen molar-refractivity contribution in [3.8, 4) is 5.75 Å². The number of nitrogens with zero attached hydrogens (tertiary/aromatic N) is 1. The summed E-state index contributed by atoms with van der Waals surface area (Å²) in [5, 5.41) is 2.75. The first kappa shape index (κ1) is 23.2. The predicted octanol–water partition coefficient (Wildman–Crippen LogP) is 3.47. The van der Waals surface area contributed by atoms with Gasteiger partial charge in [0.1, 0.15) is 5.75 Å². The highest BCUT2D eigenvalue weighted by atomic mass is 32.2. The van der Waals surface area contributed by atoms with E-state index >= 15 is 0 Å². The Morgan fingerprint density at radius 2 is 1.84 bits per heavy atom. The summed E-state index contributed by atoms with van der Waals surface area (Å²) in [4.78, 5) is 12.7. The predicted molar refractivity (Wildman–Crippen MR) is 120 cm³/mol. The van der Waals surface area contributed by atoms with Gasteiger partial charge in [0.2, 0.25) is 10.0 Å². The van der Waals surface area contributed by atoms with Crippen LogP contribution >= 0.6 is 0 Å². The maximum atomic E-state index is 13.0. The number of aryl methyl sites for hydroxylation is 2. The Bertz CT molecular complexity index is 1040. The van der Waals surface area contributed by atoms with E-state index in [0.29, 0.717) is 43.3 Å². The molecule has 1 N–H and O–H groups in total. The van der Waals surface area contributed by atoms with Crippen LogP contribution in [0.2, 0.25) is 0 Å². The van der Waals surface area contributed by atoms with Crippen molar-refractivity contribution >= 4 is 21.6 Å². The minimum absolute atomic E-state index is 0.164. The molecule has 31 heavy (non-hydrogen) atoms. The first-order valence-electron chi connectivity index (χ1n) is 10.4. The minimum Gasteiger partial charge on any atom is -0.483 e. The molecule has 1 fully saturated rings. The highest BCUT2D eigenvalue weighted by molar-refractivity contribution is 7.89. The van der Waals surface area contributed by atoms with Crippen LogP contribution in [-0.4, -0.2) is 51.5 Å². The highest BCUT2D eigenvalue weighted by Crippen LogP contribution is 2.28. The fourth-order valence-corrected chi connectivity index (χ4v) is 5.12. The molecule has 0 unspecified atom stereocenters. The molecular formula is C23H30N2O5S. The van der Waals surface area contributed by atoms with Gasteiger partial charge in [-0.25, -0.2) is 8.42 Å². The lowest BCUT2D eigenvalue weighted by molar-refractivity contribution is -0.118. The van der Waals surface area contributed by atoms with Crippen molar-refractivity contribution < 1.29 is 22.7 Å². The van der Waals surface area contributed by atoms with Gasteiger partial charge in [0.25, 0.3) is 5.91 Å². The first-order valence-corrected chi connectivity index (χ1v) is 11.8. The molecule has 0 aromatic heterocycles. The maximum absolute atomic E-state index is 13.0. The summed E-state index contributed by atoms with van der Waals surface area (Å²) >= 11 is 0. The number of hydrogen-bond donors (Lipinski definition) is 1. The first-order chi connectivity index (χ1) is 14.7. The quantitative estimate of drug-likeness (QED) is 0.704. The molecule has 7 nitrogen and oxygen atoms in total. The zero-order valence-corrected chi connectivity index (χ0v) is 19.3. The number of amides is 1. The Hall–Kier alpha value is -2.42. The van der Waals surface area contributed by atoms with Gasteiger partial charge in [-0.2, -0.15) is 4.31 Å². The number of ether oxygens (including phenoxy) is 2. The van der Waals surface area contributed by atoms with Crippen LogP contribution in [0, 0.1) is 13.8 Å². The lowest BCUT2D eigenvalue weighted by atomic mass is 10.0. The normalized spacial score (nSPS) is 15.1. The van der Waals surface area contributed by atoms with Crippen molar-refractivity contribution in [2.45, 2.75) is 38.5 Å². The van der Waals surface area contributed by atoms with Crippen LogP contribution in [0.1, 0.15) is 36.5 Å². The van der Waals surface area contributed by atoms with Crippen molar-refractivity contribution in [1.29, 1.82) is 0 Å². The number of carbonyl (C=O) groups excluding carboxylic acids is 1. The summed E-state index contributed by atoms with van der Waals surface area (Å²) in [5.74, 6) is 0.600. The standard InChI is InChI=1S/C23H30N2O5S/c1-16(2)20-8-5-17(3)13-21(20)30-15-23(26)24-19-7-6-18(4)22(14-19)31(27,28)25-9-11-29-12-10-25/h5-8,13-14,16H,9-12,15H2,1-4H3,(H,24,26). The monoisotopic (exact) mass is 446 g/mol. The van der Waals surface area contributed by atoms with E-state index in [1.54, 1.807) is 19.1 Å². The lowest BCUT2D eigenvalue weighted by Crippen LogP contribution is -2.40. The molecule has 2 aromatic rings. The van der Waals surface area contributed by atoms with E-state index in [2.05, 4.69) is 19.2 Å². The van der Waals surface area contributed by atoms with Crippen molar-refractivity contribution in [2.24, 2.45) is 0 Å². The molecular weight excluding hydrogens is 416 g/mol. The van der Waals surface area contributed by atoms with E-state index in [0.717, 1.165) is 11.1 Å². The number of carbonyl (C=O) groups is 1. The molecule has 1 aliphatic heterocycles. The summed E-state index contributed by atoms with van der Waals surface area (Å²) < 4.78 is 38.5. The van der Waals surface area contributed by atoms with E-state index in [4.69, 9.17) is 9.47 Å². The Morgan fingerprint density at radius 3 is 2.52 bits per heavy atom. The molecule has 0 saturated carbocycles. The summed E-state index contributed by atoms with van der Waals surface area (Å²) in [7, 11) is -3.66. The number of nitrogens with one attached hydrogen (secondary N) is 1. The summed E-state index contributed by atoms with van der Waals surface area (Å²) in [6, 6.07) is 10.8. The number of rotatable bonds is 7. The van der Waals surface area contributed by atoms with Gasteiger partial charge in [-0.15, -0.1) is 0 Å². The Morgan fingerprint density at radius 1 is 1.13 bits per heavy atom. The van der Waals surface area contributed by atoms with Gasteiger partial charge in [0.05, 0.1) is 18.1 Å². The van der Waals surface area contributed by atoms with Gasteiger partial charge in [-0.05, 0) is 54.7 Å². The fourth-order valence-electron chi connectivity index (χ4n) is 3.47. The SMILES string of the molecule is Cc1ccc(C(C)C)c(OCC(=O)Nc2ccc(C)c(S(=O)(=O)N3CCOCC3)c2)c1. The van der Waals surface area contributed by atoms with Crippen molar-refractivity contribution in [2.75, 3.05) is 38.2 Å². The molecule has 0 atom stereocenters. The number of hydrogen-bond acceptors (Lipinski definition) is 5. The summed E-state index contributed by atoms with van der Waals surface area (Å²) in [6.07, 6.45) is 0. The van der Waals surface area contributed by atoms with Crippen LogP contribution in [0.3, 0.4) is 0 Å². The topological polar surface area (TPSA) is 84.9 Å². The molecule has 8 heteroatoms. The molecule has 0 aliphatic carbocycles. The molecule has 1 aliphatic rings. The van der Waals surface area contributed by atoms with Crippen molar-refractivity contribution in [3.05, 3.63) is 53.1 Å². The van der Waals surface area contributed by atoms with Crippen LogP contribution in [0.5, 0.6) is 5.75 Å². The molecule has 0 radical (unpaired) electrons. The highest BCUT2D eigenvalue weighted by Gasteiger charge is 2.28. The Balaban J connectivity index is 1.71. The van der Waals surface area contributed by atoms with E-state index in [1.165, 1.54) is 10.4 Å². The number of benzene rings is 2. The smallest absolute Gasteiger partial charge is 0.262 e. The summed E-state index contributed by atoms with van der Waals surface area (Å²) in [6.45, 7) is 9.09. The van der Waals surface area contributed by atoms with Crippen LogP contribution in [0.4, 0.5) is 5.69 Å². The third kappa shape index (κ3) is 5.64. The number of anilines is 1. The summed E-state index contributed by atoms with van der Waals surface area (Å²) in [5.41, 5.74) is 3.13. The van der Waals surface area contributed by atoms with Gasteiger partial charge in [-0.1, -0.05) is 32.0 Å². The lowest BCUT2D eigenvalue weighted by Gasteiger charge is -2.26. The number of morpholine rings is 1. The minimum atomic E-state index is -3.66. The molecule has 1 saturated heterocycles. The number of sulfonamides is 1. The second kappa shape index (κ2) is 9.80. The molecule has 1 amide bonds. The zero-order valence-electron chi connectivity index (χ0n) is 18.5. The average molecular weight is 447 g/mol. The van der Waals surface area contributed by atoms with Gasteiger partial charge in [0, 0.05) is 18.8 Å². The third-order valence-corrected chi connectivity index (χ3v) is 7.25. The van der Waals surface area contributed by atoms with E-state index in [9.17, 15) is 13.2 Å². The second-order valence-corrected chi connectivity index (χ2v) is 9.94. The average Bonchev–Trinajstić information content (AvgIpc) is 2.74. The largest absolute Gasteiger partial charge is 0.483 e. The molecule has 0 bridgehead atoms. The Kier molecular flexibility index (Phi) is 7.35. The van der Waals surface area contributed by atoms with Gasteiger partial charge in [0.15, 0.2) is 6.61 Å². The maximum Gasteiger partial charge on any atom is 0.262 e. The van der Waals surface area contributed by atoms with Gasteiger partial charge < -0.3 is 14.8 Å². The molecule has 3 rings (SSSR count). The Labute approximate surface area is 184 Å². The second-order valence-electron chi connectivity index (χ2n) is 8.03. The van der Waals surface area contributed by atoms with E-state index in [1.807, 2.05) is 25.1 Å². The van der Waals surface area contributed by atoms with Crippen LogP contribution in [-0.2, 0) is 19.6 Å². The van der Waals surface area contributed by atoms with Gasteiger partial charge >= 0.3 is 0 Å². The van der Waals surface area contributed by atoms with E-state index in [-0.39, 0.29) is 23.3 Å². The fraction of sp³-hybridized carbons (Fsp3) is 0.435. The van der Waals surface area contributed by atoms with Crippen molar-refractivity contribution in [1.82, 2.24) is 4.31 Å². The van der Waals surface area contributed by atoms with Crippen LogP contribution < -0.4 is 10.1 Å². The zero-order chi connectivity index (χ0) is 22.6. The van der Waals surface area contributed by atoms with Crippen molar-refractivity contribution in [3.63, 3.8) is 0 Å². The van der Waals surface area contributed by atoms with Gasteiger partial charge in [-0.3, -0.25) is 4.79 Å². The van der Waals surface area contributed by atoms with E-state index < -0.39 is 10.0 Å². The molecule has 0 spiro atoms. The van der Waals surface area contributed by atoms with Crippen LogP contribution in [0.15, 0.2) is 41.3 Å². The van der Waals surface area contributed by atoms with Crippen LogP contribution in [0.25, 0.3) is 0 Å². The molecule has 1 heterocycles.